The molecule has 1 aliphatic carbocycles. The fourth-order valence-corrected chi connectivity index (χ4v) is 5.07. The molecule has 1 heterocycles. The van der Waals surface area contributed by atoms with Gasteiger partial charge in [0.15, 0.2) is 5.78 Å². The molecular formula is C26H30O3S. The second-order valence-corrected chi connectivity index (χ2v) is 9.73. The van der Waals surface area contributed by atoms with Crippen molar-refractivity contribution in [2.75, 3.05) is 0 Å². The molecule has 1 aliphatic rings. The molecule has 0 radical (unpaired) electrons. The van der Waals surface area contributed by atoms with E-state index in [9.17, 15) is 9.59 Å². The summed E-state index contributed by atoms with van der Waals surface area (Å²) in [5.74, 6) is -0.511. The van der Waals surface area contributed by atoms with Gasteiger partial charge in [0.05, 0.1) is 0 Å². The lowest BCUT2D eigenvalue weighted by molar-refractivity contribution is -0.137. The van der Waals surface area contributed by atoms with Gasteiger partial charge in [-0.05, 0) is 49.8 Å². The lowest BCUT2D eigenvalue weighted by Gasteiger charge is -2.21. The molecule has 1 N–H and O–H groups in total. The minimum absolute atomic E-state index is 0.0600. The molecule has 158 valence electrons. The molecule has 0 fully saturated rings. The van der Waals surface area contributed by atoms with Crippen molar-refractivity contribution in [3.63, 3.8) is 0 Å². The average molecular weight is 423 g/mol. The molecule has 3 nitrogen and oxygen atoms in total. The predicted molar refractivity (Wildman–Crippen MR) is 125 cm³/mol. The highest BCUT2D eigenvalue weighted by Crippen LogP contribution is 2.38. The van der Waals surface area contributed by atoms with Crippen LogP contribution in [-0.4, -0.2) is 16.9 Å². The van der Waals surface area contributed by atoms with Crippen molar-refractivity contribution in [2.45, 2.75) is 51.9 Å². The highest BCUT2D eigenvalue weighted by atomic mass is 32.1. The zero-order valence-corrected chi connectivity index (χ0v) is 18.7. The normalized spacial score (nSPS) is 20.0. The number of ketones is 1. The van der Waals surface area contributed by atoms with E-state index >= 15 is 0 Å². The van der Waals surface area contributed by atoms with Crippen molar-refractivity contribution in [1.82, 2.24) is 0 Å². The van der Waals surface area contributed by atoms with E-state index in [-0.39, 0.29) is 29.5 Å². The summed E-state index contributed by atoms with van der Waals surface area (Å²) < 4.78 is 1.30. The second kappa shape index (κ2) is 9.57. The van der Waals surface area contributed by atoms with Crippen molar-refractivity contribution < 1.29 is 14.7 Å². The number of thiophene rings is 1. The predicted octanol–water partition coefficient (Wildman–Crippen LogP) is 6.70. The van der Waals surface area contributed by atoms with Crippen LogP contribution < -0.4 is 0 Å². The van der Waals surface area contributed by atoms with Gasteiger partial charge in [0.2, 0.25) is 0 Å². The number of carboxylic acids is 1. The van der Waals surface area contributed by atoms with Gasteiger partial charge in [-0.2, -0.15) is 0 Å². The Kier molecular flexibility index (Phi) is 7.09. The number of allylic oxidation sites excluding steroid dienone is 6. The number of fused-ring (bicyclic) bond motifs is 1. The third-order valence-corrected chi connectivity index (χ3v) is 7.25. The zero-order valence-electron chi connectivity index (χ0n) is 17.9. The van der Waals surface area contributed by atoms with Crippen molar-refractivity contribution >= 4 is 33.2 Å². The van der Waals surface area contributed by atoms with Crippen LogP contribution in [0.3, 0.4) is 0 Å². The topological polar surface area (TPSA) is 54.4 Å². The van der Waals surface area contributed by atoms with E-state index in [0.29, 0.717) is 12.8 Å². The third kappa shape index (κ3) is 5.37. The average Bonchev–Trinajstić information content (AvgIpc) is 3.24. The number of unbranched alkanes of at least 4 members (excludes halogenated alkanes) is 1. The molecule has 1 aromatic heterocycles. The van der Waals surface area contributed by atoms with Crippen molar-refractivity contribution in [1.29, 1.82) is 0 Å². The zero-order chi connectivity index (χ0) is 21.7. The maximum atomic E-state index is 12.5. The maximum Gasteiger partial charge on any atom is 0.303 e. The molecule has 0 saturated heterocycles. The van der Waals surface area contributed by atoms with Crippen LogP contribution in [0, 0.1) is 11.8 Å². The van der Waals surface area contributed by atoms with E-state index in [1.54, 1.807) is 6.08 Å². The van der Waals surface area contributed by atoms with Gasteiger partial charge in [0, 0.05) is 33.2 Å². The Morgan fingerprint density at radius 3 is 2.73 bits per heavy atom. The van der Waals surface area contributed by atoms with Crippen LogP contribution in [0.25, 0.3) is 10.1 Å². The maximum absolute atomic E-state index is 12.5. The first-order chi connectivity index (χ1) is 14.3. The molecule has 0 spiro atoms. The van der Waals surface area contributed by atoms with Gasteiger partial charge in [-0.25, -0.2) is 0 Å². The number of carbonyl (C=O) groups is 2. The van der Waals surface area contributed by atoms with Crippen LogP contribution in [0.2, 0.25) is 0 Å². The Morgan fingerprint density at radius 1 is 1.23 bits per heavy atom. The first kappa shape index (κ1) is 22.2. The van der Waals surface area contributed by atoms with Gasteiger partial charge in [-0.3, -0.25) is 9.59 Å². The molecule has 0 aliphatic heterocycles. The van der Waals surface area contributed by atoms with E-state index in [0.717, 1.165) is 12.0 Å². The highest BCUT2D eigenvalue weighted by Gasteiger charge is 2.32. The summed E-state index contributed by atoms with van der Waals surface area (Å²) in [4.78, 5) is 24.4. The number of aliphatic carboxylic acids is 1. The summed E-state index contributed by atoms with van der Waals surface area (Å²) in [6.45, 7) is 6.48. The van der Waals surface area contributed by atoms with Gasteiger partial charge in [0.25, 0.3) is 0 Å². The molecular weight excluding hydrogens is 392 g/mol. The number of hydrogen-bond donors (Lipinski definition) is 1. The van der Waals surface area contributed by atoms with Gasteiger partial charge < -0.3 is 5.11 Å². The van der Waals surface area contributed by atoms with E-state index in [1.165, 1.54) is 15.0 Å². The van der Waals surface area contributed by atoms with E-state index in [2.05, 4.69) is 56.3 Å². The lowest BCUT2D eigenvalue weighted by atomic mass is 9.84. The van der Waals surface area contributed by atoms with Gasteiger partial charge in [-0.1, -0.05) is 61.9 Å². The fourth-order valence-electron chi connectivity index (χ4n) is 3.93. The van der Waals surface area contributed by atoms with Crippen molar-refractivity contribution in [3.8, 4) is 0 Å². The van der Waals surface area contributed by atoms with Gasteiger partial charge in [-0.15, -0.1) is 11.3 Å². The number of benzene rings is 1. The number of hydrogen-bond acceptors (Lipinski definition) is 3. The lowest BCUT2D eigenvalue weighted by Crippen LogP contribution is -2.17. The standard InChI is InChI=1S/C26H30O3S/c1-18-16-22(27)21(11-6-4-5-7-13-25(28)29)20(18)14-15-26(2,3)24-17-19-10-8-9-12-23(19)30-24/h4,6,8-10,12,14-17,20-21H,5,7,11,13H2,1-3H3,(H,28,29)/b6-4-,15-14+/t20-,21+/m0/s1. The summed E-state index contributed by atoms with van der Waals surface area (Å²) >= 11 is 1.83. The molecule has 4 heteroatoms. The minimum atomic E-state index is -0.763. The molecule has 0 amide bonds. The van der Waals surface area contributed by atoms with Crippen LogP contribution in [0.5, 0.6) is 0 Å². The van der Waals surface area contributed by atoms with Crippen LogP contribution in [-0.2, 0) is 15.0 Å². The Balaban J connectivity index is 1.68. The van der Waals surface area contributed by atoms with Crippen LogP contribution in [0.15, 0.2) is 66.3 Å². The summed E-state index contributed by atoms with van der Waals surface area (Å²) in [7, 11) is 0. The molecule has 0 unspecified atom stereocenters. The largest absolute Gasteiger partial charge is 0.481 e. The van der Waals surface area contributed by atoms with Crippen LogP contribution >= 0.6 is 11.3 Å². The van der Waals surface area contributed by atoms with Crippen LogP contribution in [0.4, 0.5) is 0 Å². The number of carbonyl (C=O) groups excluding carboxylic acids is 1. The monoisotopic (exact) mass is 422 g/mol. The molecule has 0 saturated carbocycles. The first-order valence-corrected chi connectivity index (χ1v) is 11.4. The van der Waals surface area contributed by atoms with Gasteiger partial charge >= 0.3 is 5.97 Å². The molecule has 2 atom stereocenters. The summed E-state index contributed by atoms with van der Waals surface area (Å²) in [6, 6.07) is 10.7. The number of rotatable bonds is 9. The second-order valence-electron chi connectivity index (χ2n) is 8.65. The molecule has 2 aromatic rings. The fraction of sp³-hybridized carbons (Fsp3) is 0.385. The van der Waals surface area contributed by atoms with E-state index in [4.69, 9.17) is 5.11 Å². The number of carboxylic acid groups (broad SMARTS) is 1. The third-order valence-electron chi connectivity index (χ3n) is 5.79. The highest BCUT2D eigenvalue weighted by molar-refractivity contribution is 7.19. The summed E-state index contributed by atoms with van der Waals surface area (Å²) in [5.41, 5.74) is 1.01. The molecule has 0 bridgehead atoms. The molecule has 3 rings (SSSR count). The Morgan fingerprint density at radius 2 is 2.00 bits per heavy atom. The quantitative estimate of drug-likeness (QED) is 0.361. The van der Waals surface area contributed by atoms with Gasteiger partial charge in [0.1, 0.15) is 0 Å². The van der Waals surface area contributed by atoms with Crippen molar-refractivity contribution in [2.24, 2.45) is 11.8 Å². The Bertz CT molecular complexity index is 973. The van der Waals surface area contributed by atoms with E-state index < -0.39 is 5.97 Å². The Labute approximate surface area is 182 Å². The SMILES string of the molecule is CC1=CC(=O)[C@H](C/C=C\CCCC(=O)O)[C@H]1/C=C/C(C)(C)c1cc2ccccc2s1. The summed E-state index contributed by atoms with van der Waals surface area (Å²) in [5, 5.41) is 9.98. The minimum Gasteiger partial charge on any atom is -0.481 e. The van der Waals surface area contributed by atoms with Crippen molar-refractivity contribution in [3.05, 3.63) is 71.2 Å². The molecule has 30 heavy (non-hydrogen) atoms. The van der Waals surface area contributed by atoms with Crippen LogP contribution in [0.1, 0.15) is 51.3 Å². The Hall–Kier alpha value is -2.46. The summed E-state index contributed by atoms with van der Waals surface area (Å²) in [6.07, 6.45) is 12.5. The molecule has 1 aromatic carbocycles. The van der Waals surface area contributed by atoms with E-state index in [1.807, 2.05) is 30.4 Å². The smallest absolute Gasteiger partial charge is 0.303 e. The first-order valence-electron chi connectivity index (χ1n) is 10.5.